The van der Waals surface area contributed by atoms with Crippen LogP contribution >= 0.6 is 23.2 Å². The summed E-state index contributed by atoms with van der Waals surface area (Å²) in [5, 5.41) is 1.53. The zero-order chi connectivity index (χ0) is 10.0. The third-order valence-electron chi connectivity index (χ3n) is 3.19. The second kappa shape index (κ2) is 3.86. The number of hydrogen-bond donors (Lipinski definition) is 1. The number of alkyl halides is 2. The molecule has 3 aliphatic rings. The Kier molecular flexibility index (Phi) is 3.12. The first kappa shape index (κ1) is 12.1. The summed E-state index contributed by atoms with van der Waals surface area (Å²) in [6, 6.07) is 0. The van der Waals surface area contributed by atoms with Crippen LogP contribution in [-0.2, 0) is 14.3 Å². The third-order valence-corrected chi connectivity index (χ3v) is 4.36. The predicted molar refractivity (Wildman–Crippen MR) is 48.1 cm³/mol. The molecular weight excluding hydrogens is 252 g/mol. The number of imide groups is 1. The van der Waals surface area contributed by atoms with Crippen LogP contribution in [0.2, 0.25) is 0 Å². The molecule has 4 nitrogen and oxygen atoms in total. The minimum atomic E-state index is -0.426. The van der Waals surface area contributed by atoms with Crippen LogP contribution in [0.25, 0.3) is 0 Å². The van der Waals surface area contributed by atoms with E-state index < -0.39 is 24.0 Å². The molecule has 76 valence electrons. The molecule has 3 saturated heterocycles. The number of carbonyl (C=O) groups excluding carboxylic acids is 2. The molecule has 3 fully saturated rings. The van der Waals surface area contributed by atoms with Gasteiger partial charge >= 0.3 is 29.6 Å². The van der Waals surface area contributed by atoms with Crippen molar-refractivity contribution in [2.24, 2.45) is 11.8 Å². The number of fused-ring (bicyclic) bond motifs is 5. The molecule has 15 heavy (non-hydrogen) atoms. The first-order valence-corrected chi connectivity index (χ1v) is 5.27. The van der Waals surface area contributed by atoms with Gasteiger partial charge in [-0.05, 0) is 0 Å². The van der Waals surface area contributed by atoms with Crippen molar-refractivity contribution >= 4 is 35.0 Å². The standard InChI is InChI=1S/C8H7Cl2NO3.Na/c9-3-4(10)6-2-1(5(3)14-6)7(12)11-8(2)13;/h1-6H,(H,11,12,13);/q;+1. The van der Waals surface area contributed by atoms with Crippen molar-refractivity contribution in [3.8, 4) is 0 Å². The topological polar surface area (TPSA) is 55.4 Å². The van der Waals surface area contributed by atoms with Crippen molar-refractivity contribution in [1.29, 1.82) is 0 Å². The van der Waals surface area contributed by atoms with E-state index in [-0.39, 0.29) is 52.1 Å². The van der Waals surface area contributed by atoms with E-state index in [9.17, 15) is 9.59 Å². The van der Waals surface area contributed by atoms with Gasteiger partial charge in [-0.3, -0.25) is 14.9 Å². The van der Waals surface area contributed by atoms with Gasteiger partial charge in [-0.2, -0.15) is 0 Å². The van der Waals surface area contributed by atoms with Gasteiger partial charge in [0.15, 0.2) is 0 Å². The van der Waals surface area contributed by atoms with Crippen LogP contribution in [0.3, 0.4) is 0 Å². The maximum atomic E-state index is 11.4. The fraction of sp³-hybridized carbons (Fsp3) is 0.750. The molecular formula is C8H7Cl2NNaO3+. The second-order valence-corrected chi connectivity index (χ2v) is 4.87. The molecule has 0 saturated carbocycles. The van der Waals surface area contributed by atoms with E-state index in [0.29, 0.717) is 0 Å². The van der Waals surface area contributed by atoms with Crippen LogP contribution in [0.15, 0.2) is 0 Å². The van der Waals surface area contributed by atoms with Crippen LogP contribution in [0.4, 0.5) is 0 Å². The summed E-state index contributed by atoms with van der Waals surface area (Å²) in [6.07, 6.45) is -0.804. The van der Waals surface area contributed by atoms with Gasteiger partial charge in [0.25, 0.3) is 0 Å². The molecule has 0 aromatic heterocycles. The number of nitrogens with one attached hydrogen (secondary N) is 1. The van der Waals surface area contributed by atoms with Crippen LogP contribution in [0.5, 0.6) is 0 Å². The smallest absolute Gasteiger partial charge is 0.370 e. The molecule has 2 bridgehead atoms. The fourth-order valence-corrected chi connectivity index (χ4v) is 3.30. The van der Waals surface area contributed by atoms with Gasteiger partial charge < -0.3 is 4.74 Å². The van der Waals surface area contributed by atoms with Gasteiger partial charge in [0, 0.05) is 0 Å². The first-order chi connectivity index (χ1) is 6.61. The Morgan fingerprint density at radius 1 is 1.00 bits per heavy atom. The number of rotatable bonds is 0. The Hall–Kier alpha value is 0.680. The Morgan fingerprint density at radius 3 is 1.80 bits per heavy atom. The second-order valence-electron chi connectivity index (χ2n) is 3.86. The number of ether oxygens (including phenoxy) is 1. The van der Waals surface area contributed by atoms with Gasteiger partial charge in [-0.25, -0.2) is 0 Å². The largest absolute Gasteiger partial charge is 1.00 e. The van der Waals surface area contributed by atoms with E-state index in [2.05, 4.69) is 5.32 Å². The Bertz CT molecular complexity index is 310. The summed E-state index contributed by atoms with van der Waals surface area (Å²) in [5.74, 6) is -1.40. The molecule has 0 aromatic rings. The van der Waals surface area contributed by atoms with Crippen molar-refractivity contribution in [1.82, 2.24) is 5.32 Å². The average molecular weight is 259 g/mol. The van der Waals surface area contributed by atoms with E-state index in [1.54, 1.807) is 0 Å². The molecule has 0 aliphatic carbocycles. The molecule has 0 spiro atoms. The predicted octanol–water partition coefficient (Wildman–Crippen LogP) is -3.12. The van der Waals surface area contributed by atoms with Crippen LogP contribution in [0.1, 0.15) is 0 Å². The van der Waals surface area contributed by atoms with E-state index >= 15 is 0 Å². The third kappa shape index (κ3) is 1.43. The van der Waals surface area contributed by atoms with Crippen LogP contribution in [-0.4, -0.2) is 34.8 Å². The summed E-state index contributed by atoms with van der Waals surface area (Å²) in [4.78, 5) is 22.8. The maximum Gasteiger partial charge on any atom is 1.00 e. The molecule has 3 rings (SSSR count). The molecule has 6 unspecified atom stereocenters. The fourth-order valence-electron chi connectivity index (χ4n) is 2.58. The summed E-state index contributed by atoms with van der Waals surface area (Å²) in [7, 11) is 0. The molecule has 0 radical (unpaired) electrons. The summed E-state index contributed by atoms with van der Waals surface area (Å²) in [6.45, 7) is 0. The van der Waals surface area contributed by atoms with Crippen LogP contribution in [0, 0.1) is 11.8 Å². The summed E-state index contributed by atoms with van der Waals surface area (Å²) >= 11 is 12.0. The molecule has 0 aromatic carbocycles. The van der Waals surface area contributed by atoms with Gasteiger partial charge in [-0.15, -0.1) is 23.2 Å². The minimum Gasteiger partial charge on any atom is -0.370 e. The maximum absolute atomic E-state index is 11.4. The monoisotopic (exact) mass is 258 g/mol. The number of amides is 2. The van der Waals surface area contributed by atoms with Crippen molar-refractivity contribution in [3.05, 3.63) is 0 Å². The van der Waals surface area contributed by atoms with E-state index in [0.717, 1.165) is 0 Å². The molecule has 1 N–H and O–H groups in total. The molecule has 3 aliphatic heterocycles. The van der Waals surface area contributed by atoms with E-state index in [1.807, 2.05) is 0 Å². The minimum absolute atomic E-state index is 0. The molecule has 3 heterocycles. The van der Waals surface area contributed by atoms with Crippen LogP contribution < -0.4 is 34.9 Å². The van der Waals surface area contributed by atoms with Crippen molar-refractivity contribution in [2.45, 2.75) is 23.0 Å². The van der Waals surface area contributed by atoms with Gasteiger partial charge in [0.1, 0.15) is 0 Å². The van der Waals surface area contributed by atoms with Crippen molar-refractivity contribution in [3.63, 3.8) is 0 Å². The average Bonchev–Trinajstić information content (AvgIpc) is 2.71. The van der Waals surface area contributed by atoms with E-state index in [1.165, 1.54) is 0 Å². The Balaban J connectivity index is 0.000000853. The Morgan fingerprint density at radius 2 is 1.40 bits per heavy atom. The first-order valence-electron chi connectivity index (χ1n) is 4.39. The van der Waals surface area contributed by atoms with Crippen molar-refractivity contribution in [2.75, 3.05) is 0 Å². The zero-order valence-electron chi connectivity index (χ0n) is 7.94. The summed E-state index contributed by atoms with van der Waals surface area (Å²) in [5.41, 5.74) is 0. The van der Waals surface area contributed by atoms with Gasteiger partial charge in [0.05, 0.1) is 34.8 Å². The number of hydrogen-bond acceptors (Lipinski definition) is 3. The number of carbonyl (C=O) groups is 2. The quantitative estimate of drug-likeness (QED) is 0.284. The summed E-state index contributed by atoms with van der Waals surface area (Å²) < 4.78 is 5.46. The Labute approximate surface area is 118 Å². The SMILES string of the molecule is O=C1NC(=O)C2C3OC(C(Cl)C3Cl)C12.[Na+]. The normalized spacial score (nSPS) is 51.3. The zero-order valence-corrected chi connectivity index (χ0v) is 11.5. The van der Waals surface area contributed by atoms with Crippen molar-refractivity contribution < 1.29 is 43.9 Å². The number of halogens is 2. The molecule has 2 amide bonds. The van der Waals surface area contributed by atoms with Gasteiger partial charge in [-0.1, -0.05) is 0 Å². The molecule has 6 atom stereocenters. The molecule has 7 heteroatoms. The van der Waals surface area contributed by atoms with E-state index in [4.69, 9.17) is 27.9 Å². The van der Waals surface area contributed by atoms with Gasteiger partial charge in [0.2, 0.25) is 11.8 Å².